The summed E-state index contributed by atoms with van der Waals surface area (Å²) in [6.45, 7) is 4.02. The molecule has 25 heavy (non-hydrogen) atoms. The van der Waals surface area contributed by atoms with Gasteiger partial charge in [0.1, 0.15) is 5.75 Å². The first kappa shape index (κ1) is 17.5. The Balaban J connectivity index is 1.82. The number of methoxy groups -OCH3 is 1. The monoisotopic (exact) mass is 344 g/mol. The highest BCUT2D eigenvalue weighted by Crippen LogP contribution is 2.58. The maximum Gasteiger partial charge on any atom is 0.323 e. The zero-order valence-corrected chi connectivity index (χ0v) is 14.9. The highest BCUT2D eigenvalue weighted by Gasteiger charge is 2.60. The lowest BCUT2D eigenvalue weighted by molar-refractivity contribution is -0.171. The third-order valence-electron chi connectivity index (χ3n) is 5.22. The zero-order chi connectivity index (χ0) is 18.0. The third kappa shape index (κ3) is 2.92. The maximum atomic E-state index is 12.6. The largest absolute Gasteiger partial charge is 0.497 e. The van der Waals surface area contributed by atoms with E-state index in [9.17, 15) is 9.59 Å². The van der Waals surface area contributed by atoms with Crippen LogP contribution in [0.25, 0.3) is 5.57 Å². The van der Waals surface area contributed by atoms with Gasteiger partial charge in [-0.3, -0.25) is 9.59 Å². The molecule has 0 aliphatic heterocycles. The minimum atomic E-state index is -1.17. The van der Waals surface area contributed by atoms with Crippen molar-refractivity contribution in [2.24, 2.45) is 17.3 Å². The van der Waals surface area contributed by atoms with Crippen LogP contribution in [0.1, 0.15) is 32.3 Å². The quantitative estimate of drug-likeness (QED) is 0.586. The Morgan fingerprint density at radius 2 is 1.64 bits per heavy atom. The molecular formula is C20H24O5. The minimum absolute atomic E-state index is 0.183. The van der Waals surface area contributed by atoms with Crippen molar-refractivity contribution < 1.29 is 23.8 Å². The fourth-order valence-electron chi connectivity index (χ4n) is 3.96. The number of esters is 2. The Bertz CT molecular complexity index is 671. The van der Waals surface area contributed by atoms with Crippen LogP contribution in [0.15, 0.2) is 30.3 Å². The topological polar surface area (TPSA) is 61.8 Å². The molecule has 0 saturated heterocycles. The molecule has 1 saturated carbocycles. The van der Waals surface area contributed by atoms with Gasteiger partial charge in [0.05, 0.1) is 20.3 Å². The Labute approximate surface area is 148 Å². The van der Waals surface area contributed by atoms with Gasteiger partial charge >= 0.3 is 11.9 Å². The molecule has 0 spiro atoms. The minimum Gasteiger partial charge on any atom is -0.497 e. The Kier molecular flexibility index (Phi) is 4.84. The van der Waals surface area contributed by atoms with E-state index in [0.717, 1.165) is 11.3 Å². The van der Waals surface area contributed by atoms with Crippen LogP contribution in [-0.4, -0.2) is 32.3 Å². The van der Waals surface area contributed by atoms with Crippen LogP contribution in [0.4, 0.5) is 0 Å². The summed E-state index contributed by atoms with van der Waals surface area (Å²) in [5.74, 6) is 0.294. The molecule has 5 heteroatoms. The van der Waals surface area contributed by atoms with Gasteiger partial charge in [0.15, 0.2) is 5.41 Å². The van der Waals surface area contributed by atoms with Crippen LogP contribution in [0.2, 0.25) is 0 Å². The zero-order valence-electron chi connectivity index (χ0n) is 14.9. The van der Waals surface area contributed by atoms with E-state index in [-0.39, 0.29) is 25.0 Å². The summed E-state index contributed by atoms with van der Waals surface area (Å²) in [7, 11) is 1.64. The van der Waals surface area contributed by atoms with E-state index in [1.165, 1.54) is 5.57 Å². The van der Waals surface area contributed by atoms with Gasteiger partial charge in [-0.25, -0.2) is 0 Å². The molecule has 0 bridgehead atoms. The number of rotatable bonds is 6. The molecule has 134 valence electrons. The van der Waals surface area contributed by atoms with E-state index >= 15 is 0 Å². The molecule has 1 aromatic carbocycles. The number of allylic oxidation sites excluding steroid dienone is 2. The fraction of sp³-hybridized carbons (Fsp3) is 0.500. The molecule has 0 N–H and O–H groups in total. The summed E-state index contributed by atoms with van der Waals surface area (Å²) in [4.78, 5) is 25.1. The van der Waals surface area contributed by atoms with Crippen molar-refractivity contribution in [1.82, 2.24) is 0 Å². The van der Waals surface area contributed by atoms with Gasteiger partial charge in [-0.2, -0.15) is 0 Å². The first-order valence-electron chi connectivity index (χ1n) is 8.76. The highest BCUT2D eigenvalue weighted by molar-refractivity contribution is 6.01. The number of ether oxygens (including phenoxy) is 3. The van der Waals surface area contributed by atoms with E-state index < -0.39 is 17.4 Å². The summed E-state index contributed by atoms with van der Waals surface area (Å²) in [5.41, 5.74) is 1.11. The third-order valence-corrected chi connectivity index (χ3v) is 5.22. The number of hydrogen-bond acceptors (Lipinski definition) is 5. The van der Waals surface area contributed by atoms with Crippen molar-refractivity contribution in [2.45, 2.75) is 26.7 Å². The van der Waals surface area contributed by atoms with E-state index in [2.05, 4.69) is 6.08 Å². The molecule has 5 nitrogen and oxygen atoms in total. The predicted molar refractivity (Wildman–Crippen MR) is 92.9 cm³/mol. The van der Waals surface area contributed by atoms with Crippen molar-refractivity contribution in [2.75, 3.05) is 20.3 Å². The number of benzene rings is 1. The summed E-state index contributed by atoms with van der Waals surface area (Å²) in [6, 6.07) is 7.86. The molecule has 3 rings (SSSR count). The highest BCUT2D eigenvalue weighted by atomic mass is 16.6. The Morgan fingerprint density at radius 3 is 2.16 bits per heavy atom. The van der Waals surface area contributed by atoms with Crippen LogP contribution in [0.5, 0.6) is 5.75 Å². The van der Waals surface area contributed by atoms with Crippen LogP contribution < -0.4 is 4.74 Å². The molecule has 2 aliphatic carbocycles. The Hall–Kier alpha value is -2.30. The second-order valence-electron chi connectivity index (χ2n) is 6.55. The lowest BCUT2D eigenvalue weighted by Crippen LogP contribution is -2.40. The summed E-state index contributed by atoms with van der Waals surface area (Å²) < 4.78 is 15.6. The predicted octanol–water partition coefficient (Wildman–Crippen LogP) is 3.23. The molecule has 0 heterocycles. The average Bonchev–Trinajstić information content (AvgIpc) is 2.91. The van der Waals surface area contributed by atoms with E-state index in [0.29, 0.717) is 12.8 Å². The maximum absolute atomic E-state index is 12.6. The van der Waals surface area contributed by atoms with Crippen molar-refractivity contribution in [3.05, 3.63) is 35.9 Å². The second-order valence-corrected chi connectivity index (χ2v) is 6.55. The summed E-state index contributed by atoms with van der Waals surface area (Å²) >= 11 is 0. The summed E-state index contributed by atoms with van der Waals surface area (Å²) in [6.07, 6.45) is 3.08. The van der Waals surface area contributed by atoms with E-state index in [1.807, 2.05) is 24.3 Å². The standard InChI is InChI=1S/C20H24O5/c1-4-24-18(21)20(19(22)25-5-2)11-14-10-16(17(14)12-20)13-6-8-15(23-3)9-7-13/h6-10,14,17H,4-5,11-12H2,1-3H3. The second kappa shape index (κ2) is 6.90. The molecule has 0 radical (unpaired) electrons. The first-order valence-corrected chi connectivity index (χ1v) is 8.76. The van der Waals surface area contributed by atoms with E-state index in [4.69, 9.17) is 14.2 Å². The Morgan fingerprint density at radius 1 is 1.04 bits per heavy atom. The average molecular weight is 344 g/mol. The van der Waals surface area contributed by atoms with Gasteiger partial charge in [-0.05, 0) is 61.8 Å². The van der Waals surface area contributed by atoms with Crippen LogP contribution in [0, 0.1) is 17.3 Å². The molecule has 1 aromatic rings. The lowest BCUT2D eigenvalue weighted by Gasteiger charge is -2.30. The van der Waals surface area contributed by atoms with Gasteiger partial charge in [0.25, 0.3) is 0 Å². The van der Waals surface area contributed by atoms with Crippen molar-refractivity contribution in [3.8, 4) is 5.75 Å². The molecular weight excluding hydrogens is 320 g/mol. The number of carbonyl (C=O) groups is 2. The molecule has 2 aliphatic rings. The normalized spacial score (nSPS) is 23.1. The van der Waals surface area contributed by atoms with Gasteiger partial charge in [0.2, 0.25) is 0 Å². The van der Waals surface area contributed by atoms with Crippen molar-refractivity contribution in [3.63, 3.8) is 0 Å². The number of fused-ring (bicyclic) bond motifs is 1. The van der Waals surface area contributed by atoms with E-state index in [1.54, 1.807) is 21.0 Å². The molecule has 1 fully saturated rings. The molecule has 2 unspecified atom stereocenters. The summed E-state index contributed by atoms with van der Waals surface area (Å²) in [5, 5.41) is 0. The smallest absolute Gasteiger partial charge is 0.323 e. The lowest BCUT2D eigenvalue weighted by atomic mass is 9.74. The van der Waals surface area contributed by atoms with Crippen LogP contribution >= 0.6 is 0 Å². The number of hydrogen-bond donors (Lipinski definition) is 0. The van der Waals surface area contributed by atoms with Crippen LogP contribution in [0.3, 0.4) is 0 Å². The van der Waals surface area contributed by atoms with Gasteiger partial charge in [-0.15, -0.1) is 0 Å². The molecule has 0 aromatic heterocycles. The first-order chi connectivity index (χ1) is 12.1. The van der Waals surface area contributed by atoms with Gasteiger partial charge in [-0.1, -0.05) is 18.2 Å². The van der Waals surface area contributed by atoms with Crippen molar-refractivity contribution >= 4 is 17.5 Å². The van der Waals surface area contributed by atoms with Gasteiger partial charge in [0, 0.05) is 0 Å². The van der Waals surface area contributed by atoms with Crippen molar-refractivity contribution in [1.29, 1.82) is 0 Å². The molecule has 0 amide bonds. The SMILES string of the molecule is CCOC(=O)C1(C(=O)OCC)CC2C=C(c3ccc(OC)cc3)C2C1. The van der Waals surface area contributed by atoms with Gasteiger partial charge < -0.3 is 14.2 Å². The van der Waals surface area contributed by atoms with Crippen LogP contribution in [-0.2, 0) is 19.1 Å². The number of carbonyl (C=O) groups excluding carboxylic acids is 2. The molecule has 2 atom stereocenters. The fourth-order valence-corrected chi connectivity index (χ4v) is 3.96.